The molecule has 0 spiro atoms. The van der Waals surface area contributed by atoms with Crippen LogP contribution in [0.3, 0.4) is 0 Å². The number of hydrogen-bond donors (Lipinski definition) is 2. The highest BCUT2D eigenvalue weighted by Crippen LogP contribution is 2.30. The van der Waals surface area contributed by atoms with Crippen LogP contribution in [-0.2, 0) is 23.8 Å². The fourth-order valence-corrected chi connectivity index (χ4v) is 3.96. The van der Waals surface area contributed by atoms with Gasteiger partial charge in [-0.25, -0.2) is 0 Å². The van der Waals surface area contributed by atoms with Crippen molar-refractivity contribution >= 4 is 11.9 Å². The number of aliphatic hydroxyl groups excluding tert-OH is 1. The molecule has 2 heterocycles. The minimum atomic E-state index is -0.848. The van der Waals surface area contributed by atoms with Gasteiger partial charge in [-0.15, -0.1) is 0 Å². The standard InChI is InChI=1S/C20H34O7/c1-11(21)9-15-5-8-18(26-15)14(4)20(24)25-12(2)10-16-6-7-17(27-16)13(3)19(22)23/h11-18,21H,5-10H2,1-4H3,(H,22,23)/t11-,12-,13+,14+,15-,16-,17-,18-/m0/s1. The Balaban J connectivity index is 1.73. The fraction of sp³-hybridized carbons (Fsp3) is 0.900. The Morgan fingerprint density at radius 2 is 1.44 bits per heavy atom. The van der Waals surface area contributed by atoms with Gasteiger partial charge in [0, 0.05) is 6.42 Å². The van der Waals surface area contributed by atoms with Crippen molar-refractivity contribution in [1.82, 2.24) is 0 Å². The number of carbonyl (C=O) groups excluding carboxylic acids is 1. The van der Waals surface area contributed by atoms with Gasteiger partial charge in [0.15, 0.2) is 0 Å². The zero-order chi connectivity index (χ0) is 20.1. The Labute approximate surface area is 161 Å². The summed E-state index contributed by atoms with van der Waals surface area (Å²) < 4.78 is 17.3. The molecule has 0 aromatic rings. The summed E-state index contributed by atoms with van der Waals surface area (Å²) in [4.78, 5) is 23.5. The Morgan fingerprint density at radius 3 is 1.96 bits per heavy atom. The normalized spacial score (nSPS) is 32.6. The molecule has 2 aliphatic rings. The molecule has 7 heteroatoms. The second-order valence-electron chi connectivity index (χ2n) is 8.23. The van der Waals surface area contributed by atoms with Crippen LogP contribution in [0.25, 0.3) is 0 Å². The fourth-order valence-electron chi connectivity index (χ4n) is 3.96. The third kappa shape index (κ3) is 6.43. The highest BCUT2D eigenvalue weighted by molar-refractivity contribution is 5.73. The average Bonchev–Trinajstić information content (AvgIpc) is 3.22. The Hall–Kier alpha value is -1.18. The molecular formula is C20H34O7. The molecular weight excluding hydrogens is 352 g/mol. The molecule has 0 radical (unpaired) electrons. The lowest BCUT2D eigenvalue weighted by Gasteiger charge is -2.23. The molecule has 27 heavy (non-hydrogen) atoms. The maximum atomic E-state index is 12.4. The van der Waals surface area contributed by atoms with Crippen LogP contribution in [0.1, 0.15) is 66.2 Å². The average molecular weight is 386 g/mol. The SMILES string of the molecule is C[C@H](O)C[C@@H]1CC[C@@H]([C@@H](C)C(=O)O[C@@H](C)C[C@@H]2CC[C@@H]([C@@H](C)C(=O)O)O2)O1. The van der Waals surface area contributed by atoms with Crippen molar-refractivity contribution < 1.29 is 34.0 Å². The third-order valence-electron chi connectivity index (χ3n) is 5.67. The van der Waals surface area contributed by atoms with Gasteiger partial charge in [-0.2, -0.15) is 0 Å². The number of aliphatic hydroxyl groups is 1. The smallest absolute Gasteiger partial charge is 0.311 e. The van der Waals surface area contributed by atoms with E-state index >= 15 is 0 Å². The van der Waals surface area contributed by atoms with Crippen LogP contribution in [0.4, 0.5) is 0 Å². The molecule has 2 N–H and O–H groups in total. The molecule has 2 aliphatic heterocycles. The van der Waals surface area contributed by atoms with E-state index in [1.54, 1.807) is 13.8 Å². The van der Waals surface area contributed by atoms with E-state index < -0.39 is 18.0 Å². The van der Waals surface area contributed by atoms with E-state index in [2.05, 4.69) is 0 Å². The molecule has 0 saturated carbocycles. The van der Waals surface area contributed by atoms with E-state index in [4.69, 9.17) is 19.3 Å². The Morgan fingerprint density at radius 1 is 0.926 bits per heavy atom. The van der Waals surface area contributed by atoms with Crippen molar-refractivity contribution in [3.8, 4) is 0 Å². The number of carboxylic acids is 1. The van der Waals surface area contributed by atoms with E-state index in [0.29, 0.717) is 12.8 Å². The molecule has 156 valence electrons. The molecule has 0 bridgehead atoms. The summed E-state index contributed by atoms with van der Waals surface area (Å²) >= 11 is 0. The first-order chi connectivity index (χ1) is 12.7. The summed E-state index contributed by atoms with van der Waals surface area (Å²) in [5.74, 6) is -2.00. The first kappa shape index (κ1) is 22.1. The van der Waals surface area contributed by atoms with Crippen molar-refractivity contribution in [2.45, 2.75) is 103 Å². The molecule has 0 unspecified atom stereocenters. The van der Waals surface area contributed by atoms with Crippen molar-refractivity contribution in [3.05, 3.63) is 0 Å². The van der Waals surface area contributed by atoms with Gasteiger partial charge < -0.3 is 24.4 Å². The highest BCUT2D eigenvalue weighted by atomic mass is 16.6. The molecule has 0 aromatic carbocycles. The molecule has 0 amide bonds. The van der Waals surface area contributed by atoms with Crippen LogP contribution < -0.4 is 0 Å². The lowest BCUT2D eigenvalue weighted by molar-refractivity contribution is -0.159. The van der Waals surface area contributed by atoms with E-state index in [9.17, 15) is 14.7 Å². The molecule has 7 nitrogen and oxygen atoms in total. The van der Waals surface area contributed by atoms with Crippen molar-refractivity contribution in [2.24, 2.45) is 11.8 Å². The van der Waals surface area contributed by atoms with Gasteiger partial charge >= 0.3 is 11.9 Å². The van der Waals surface area contributed by atoms with E-state index in [-0.39, 0.29) is 42.4 Å². The molecule has 2 saturated heterocycles. The van der Waals surface area contributed by atoms with Crippen LogP contribution in [0.15, 0.2) is 0 Å². The number of carboxylic acid groups (broad SMARTS) is 1. The largest absolute Gasteiger partial charge is 0.481 e. The maximum absolute atomic E-state index is 12.4. The summed E-state index contributed by atoms with van der Waals surface area (Å²) in [5, 5.41) is 18.6. The summed E-state index contributed by atoms with van der Waals surface area (Å²) in [6.45, 7) is 7.06. The predicted octanol–water partition coefficient (Wildman–Crippen LogP) is 2.53. The molecule has 0 aliphatic carbocycles. The van der Waals surface area contributed by atoms with Crippen molar-refractivity contribution in [2.75, 3.05) is 0 Å². The second-order valence-corrected chi connectivity index (χ2v) is 8.23. The summed E-state index contributed by atoms with van der Waals surface area (Å²) in [5.41, 5.74) is 0. The van der Waals surface area contributed by atoms with E-state index in [1.807, 2.05) is 13.8 Å². The zero-order valence-corrected chi connectivity index (χ0v) is 16.8. The predicted molar refractivity (Wildman–Crippen MR) is 98.2 cm³/mol. The number of aliphatic carboxylic acids is 1. The van der Waals surface area contributed by atoms with Gasteiger partial charge in [-0.1, -0.05) is 0 Å². The third-order valence-corrected chi connectivity index (χ3v) is 5.67. The summed E-state index contributed by atoms with van der Waals surface area (Å²) in [6, 6.07) is 0. The van der Waals surface area contributed by atoms with E-state index in [1.165, 1.54) is 0 Å². The van der Waals surface area contributed by atoms with Gasteiger partial charge in [0.05, 0.1) is 42.4 Å². The van der Waals surface area contributed by atoms with Crippen LogP contribution in [0.2, 0.25) is 0 Å². The molecule has 2 fully saturated rings. The molecule has 8 atom stereocenters. The van der Waals surface area contributed by atoms with E-state index in [0.717, 1.165) is 25.7 Å². The van der Waals surface area contributed by atoms with Crippen LogP contribution >= 0.6 is 0 Å². The lowest BCUT2D eigenvalue weighted by Crippen LogP contribution is -2.32. The topological polar surface area (TPSA) is 102 Å². The van der Waals surface area contributed by atoms with Gasteiger partial charge in [-0.3, -0.25) is 9.59 Å². The quantitative estimate of drug-likeness (QED) is 0.587. The highest BCUT2D eigenvalue weighted by Gasteiger charge is 2.36. The number of esters is 1. The van der Waals surface area contributed by atoms with Crippen molar-refractivity contribution in [1.29, 1.82) is 0 Å². The summed E-state index contributed by atoms with van der Waals surface area (Å²) in [6.07, 6.45) is 3.08. The molecule has 0 aromatic heterocycles. The van der Waals surface area contributed by atoms with Gasteiger partial charge in [0.25, 0.3) is 0 Å². The number of rotatable bonds is 9. The number of ether oxygens (including phenoxy) is 3. The first-order valence-corrected chi connectivity index (χ1v) is 10.1. The zero-order valence-electron chi connectivity index (χ0n) is 16.8. The van der Waals surface area contributed by atoms with Crippen LogP contribution in [0, 0.1) is 11.8 Å². The maximum Gasteiger partial charge on any atom is 0.311 e. The minimum Gasteiger partial charge on any atom is -0.481 e. The first-order valence-electron chi connectivity index (χ1n) is 10.1. The minimum absolute atomic E-state index is 0.00252. The van der Waals surface area contributed by atoms with Gasteiger partial charge in [-0.05, 0) is 59.8 Å². The monoisotopic (exact) mass is 386 g/mol. The van der Waals surface area contributed by atoms with Crippen LogP contribution in [0.5, 0.6) is 0 Å². The van der Waals surface area contributed by atoms with Crippen LogP contribution in [-0.4, -0.2) is 58.8 Å². The Kier molecular flexibility index (Phi) is 8.06. The Bertz CT molecular complexity index is 507. The number of hydrogen-bond acceptors (Lipinski definition) is 6. The van der Waals surface area contributed by atoms with Gasteiger partial charge in [0.2, 0.25) is 0 Å². The van der Waals surface area contributed by atoms with Gasteiger partial charge in [0.1, 0.15) is 6.10 Å². The lowest BCUT2D eigenvalue weighted by atomic mass is 10.0. The summed E-state index contributed by atoms with van der Waals surface area (Å²) in [7, 11) is 0. The number of carbonyl (C=O) groups is 2. The molecule has 2 rings (SSSR count). The van der Waals surface area contributed by atoms with Crippen molar-refractivity contribution in [3.63, 3.8) is 0 Å². The second kappa shape index (κ2) is 9.85.